The van der Waals surface area contributed by atoms with Gasteiger partial charge in [-0.05, 0) is 26.8 Å². The van der Waals surface area contributed by atoms with Gasteiger partial charge < -0.3 is 14.6 Å². The van der Waals surface area contributed by atoms with Crippen molar-refractivity contribution < 1.29 is 9.26 Å². The lowest BCUT2D eigenvalue weighted by Gasteiger charge is -2.08. The van der Waals surface area contributed by atoms with E-state index in [9.17, 15) is 0 Å². The van der Waals surface area contributed by atoms with Crippen molar-refractivity contribution in [2.45, 2.75) is 38.8 Å². The fraction of sp³-hybridized carbons (Fsp3) is 0.800. The van der Waals surface area contributed by atoms with Gasteiger partial charge in [-0.3, -0.25) is 0 Å². The number of ether oxygens (including phenoxy) is 1. The fourth-order valence-corrected chi connectivity index (χ4v) is 1.87. The Morgan fingerprint density at radius 1 is 1.60 bits per heavy atom. The summed E-state index contributed by atoms with van der Waals surface area (Å²) in [6, 6.07) is 0.422. The molecular formula is C10H17N3O2. The molecule has 5 nitrogen and oxygen atoms in total. The van der Waals surface area contributed by atoms with Gasteiger partial charge in [-0.1, -0.05) is 5.16 Å². The SMILES string of the molecule is CCOCc1noc(C2CCNC2C)n1. The highest BCUT2D eigenvalue weighted by Crippen LogP contribution is 2.25. The fourth-order valence-electron chi connectivity index (χ4n) is 1.87. The van der Waals surface area contributed by atoms with Crippen molar-refractivity contribution in [1.82, 2.24) is 15.5 Å². The predicted octanol–water partition coefficient (Wildman–Crippen LogP) is 1.07. The molecule has 84 valence electrons. The largest absolute Gasteiger partial charge is 0.374 e. The van der Waals surface area contributed by atoms with E-state index in [4.69, 9.17) is 9.26 Å². The molecule has 2 atom stereocenters. The first-order chi connectivity index (χ1) is 7.31. The molecular weight excluding hydrogens is 194 g/mol. The predicted molar refractivity (Wildman–Crippen MR) is 54.5 cm³/mol. The van der Waals surface area contributed by atoms with Crippen LogP contribution in [0, 0.1) is 0 Å². The molecule has 0 saturated carbocycles. The molecule has 0 aromatic carbocycles. The van der Waals surface area contributed by atoms with E-state index in [0.717, 1.165) is 18.9 Å². The summed E-state index contributed by atoms with van der Waals surface area (Å²) in [6.07, 6.45) is 1.07. The van der Waals surface area contributed by atoms with E-state index in [1.165, 1.54) is 0 Å². The number of rotatable bonds is 4. The average molecular weight is 211 g/mol. The molecule has 15 heavy (non-hydrogen) atoms. The van der Waals surface area contributed by atoms with Crippen molar-refractivity contribution in [3.05, 3.63) is 11.7 Å². The third-order valence-corrected chi connectivity index (χ3v) is 2.76. The maximum atomic E-state index is 5.23. The summed E-state index contributed by atoms with van der Waals surface area (Å²) in [5, 5.41) is 7.26. The van der Waals surface area contributed by atoms with Gasteiger partial charge in [-0.25, -0.2) is 0 Å². The highest BCUT2D eigenvalue weighted by Gasteiger charge is 2.29. The summed E-state index contributed by atoms with van der Waals surface area (Å²) in [6.45, 7) is 6.23. The van der Waals surface area contributed by atoms with Crippen LogP contribution in [-0.4, -0.2) is 29.3 Å². The van der Waals surface area contributed by atoms with Gasteiger partial charge in [0.15, 0.2) is 5.82 Å². The van der Waals surface area contributed by atoms with Crippen LogP contribution in [0.3, 0.4) is 0 Å². The van der Waals surface area contributed by atoms with E-state index < -0.39 is 0 Å². The minimum absolute atomic E-state index is 0.355. The molecule has 1 aromatic rings. The molecule has 0 aliphatic carbocycles. The second kappa shape index (κ2) is 4.72. The van der Waals surface area contributed by atoms with Crippen LogP contribution in [0.4, 0.5) is 0 Å². The molecule has 5 heteroatoms. The highest BCUT2D eigenvalue weighted by atomic mass is 16.5. The van der Waals surface area contributed by atoms with Gasteiger partial charge in [-0.2, -0.15) is 4.98 Å². The summed E-state index contributed by atoms with van der Waals surface area (Å²) in [4.78, 5) is 4.34. The number of hydrogen-bond donors (Lipinski definition) is 1. The number of nitrogens with zero attached hydrogens (tertiary/aromatic N) is 2. The molecule has 1 aliphatic rings. The van der Waals surface area contributed by atoms with Crippen LogP contribution in [0.2, 0.25) is 0 Å². The van der Waals surface area contributed by atoms with Crippen molar-refractivity contribution in [1.29, 1.82) is 0 Å². The van der Waals surface area contributed by atoms with E-state index in [1.54, 1.807) is 0 Å². The molecule has 1 saturated heterocycles. The summed E-state index contributed by atoms with van der Waals surface area (Å²) in [7, 11) is 0. The normalized spacial score (nSPS) is 26.0. The van der Waals surface area contributed by atoms with Gasteiger partial charge >= 0.3 is 0 Å². The Balaban J connectivity index is 1.99. The van der Waals surface area contributed by atoms with Crippen LogP contribution in [0.1, 0.15) is 37.9 Å². The van der Waals surface area contributed by atoms with Crippen LogP contribution >= 0.6 is 0 Å². The van der Waals surface area contributed by atoms with Gasteiger partial charge in [0.05, 0.1) is 5.92 Å². The Morgan fingerprint density at radius 3 is 3.13 bits per heavy atom. The molecule has 1 N–H and O–H groups in total. The molecule has 1 fully saturated rings. The minimum atomic E-state index is 0.355. The Bertz CT molecular complexity index is 313. The molecule has 1 aliphatic heterocycles. The maximum absolute atomic E-state index is 5.23. The molecule has 2 unspecified atom stereocenters. The van der Waals surface area contributed by atoms with Crippen LogP contribution < -0.4 is 5.32 Å². The first-order valence-corrected chi connectivity index (χ1v) is 5.45. The maximum Gasteiger partial charge on any atom is 0.231 e. The van der Waals surface area contributed by atoms with Crippen LogP contribution in [-0.2, 0) is 11.3 Å². The van der Waals surface area contributed by atoms with Crippen molar-refractivity contribution in [2.24, 2.45) is 0 Å². The lowest BCUT2D eigenvalue weighted by molar-refractivity contribution is 0.126. The van der Waals surface area contributed by atoms with Crippen LogP contribution in [0.15, 0.2) is 4.52 Å². The highest BCUT2D eigenvalue weighted by molar-refractivity contribution is 5.01. The van der Waals surface area contributed by atoms with Crippen molar-refractivity contribution >= 4 is 0 Å². The number of hydrogen-bond acceptors (Lipinski definition) is 5. The minimum Gasteiger partial charge on any atom is -0.374 e. The van der Waals surface area contributed by atoms with Gasteiger partial charge in [0.1, 0.15) is 6.61 Å². The van der Waals surface area contributed by atoms with Gasteiger partial charge in [0, 0.05) is 12.6 Å². The lowest BCUT2D eigenvalue weighted by atomic mass is 10.0. The summed E-state index contributed by atoms with van der Waals surface area (Å²) in [5.74, 6) is 1.74. The van der Waals surface area contributed by atoms with Crippen molar-refractivity contribution in [2.75, 3.05) is 13.2 Å². The smallest absolute Gasteiger partial charge is 0.231 e. The van der Waals surface area contributed by atoms with Gasteiger partial charge in [-0.15, -0.1) is 0 Å². The number of aromatic nitrogens is 2. The third kappa shape index (κ3) is 2.35. The standard InChI is InChI=1S/C10H17N3O2/c1-3-14-6-9-12-10(15-13-9)8-4-5-11-7(8)2/h7-8,11H,3-6H2,1-2H3. The number of nitrogens with one attached hydrogen (secondary N) is 1. The Kier molecular flexibility index (Phi) is 3.33. The van der Waals surface area contributed by atoms with Crippen LogP contribution in [0.25, 0.3) is 0 Å². The molecule has 0 amide bonds. The quantitative estimate of drug-likeness (QED) is 0.807. The molecule has 0 radical (unpaired) electrons. The zero-order chi connectivity index (χ0) is 10.7. The Hall–Kier alpha value is -0.940. The van der Waals surface area contributed by atoms with E-state index >= 15 is 0 Å². The second-order valence-corrected chi connectivity index (χ2v) is 3.82. The summed E-state index contributed by atoms with van der Waals surface area (Å²) < 4.78 is 10.5. The average Bonchev–Trinajstić information content (AvgIpc) is 2.83. The molecule has 2 rings (SSSR count). The van der Waals surface area contributed by atoms with Crippen molar-refractivity contribution in [3.8, 4) is 0 Å². The lowest BCUT2D eigenvalue weighted by Crippen LogP contribution is -2.21. The van der Waals surface area contributed by atoms with Gasteiger partial charge in [0.25, 0.3) is 0 Å². The van der Waals surface area contributed by atoms with E-state index in [1.807, 2.05) is 6.92 Å². The molecule has 2 heterocycles. The second-order valence-electron chi connectivity index (χ2n) is 3.82. The molecule has 0 spiro atoms. The molecule has 1 aromatic heterocycles. The van der Waals surface area contributed by atoms with E-state index in [-0.39, 0.29) is 0 Å². The van der Waals surface area contributed by atoms with Gasteiger partial charge in [0.2, 0.25) is 5.89 Å². The topological polar surface area (TPSA) is 60.2 Å². The Labute approximate surface area is 89.2 Å². The first-order valence-electron chi connectivity index (χ1n) is 5.45. The zero-order valence-electron chi connectivity index (χ0n) is 9.19. The first kappa shape index (κ1) is 10.6. The zero-order valence-corrected chi connectivity index (χ0v) is 9.19. The summed E-state index contributed by atoms with van der Waals surface area (Å²) >= 11 is 0. The van der Waals surface area contributed by atoms with E-state index in [0.29, 0.717) is 31.0 Å². The van der Waals surface area contributed by atoms with E-state index in [2.05, 4.69) is 22.4 Å². The molecule has 0 bridgehead atoms. The van der Waals surface area contributed by atoms with Crippen LogP contribution in [0.5, 0.6) is 0 Å². The van der Waals surface area contributed by atoms with Crippen molar-refractivity contribution in [3.63, 3.8) is 0 Å². The summed E-state index contributed by atoms with van der Waals surface area (Å²) in [5.41, 5.74) is 0. The third-order valence-electron chi connectivity index (χ3n) is 2.76. The monoisotopic (exact) mass is 211 g/mol. The Morgan fingerprint density at radius 2 is 2.47 bits per heavy atom.